The summed E-state index contributed by atoms with van der Waals surface area (Å²) in [6.45, 7) is 9.92. The maximum Gasteiger partial charge on any atom is 0.0594 e. The summed E-state index contributed by atoms with van der Waals surface area (Å²) in [5.74, 6) is 1.73. The van der Waals surface area contributed by atoms with Crippen molar-refractivity contribution in [3.8, 4) is 0 Å². The minimum Gasteiger partial charge on any atom is -0.377 e. The Bertz CT molecular complexity index is 161. The molecule has 0 heterocycles. The van der Waals surface area contributed by atoms with Crippen LogP contribution in [-0.2, 0) is 4.74 Å². The molecule has 2 heteroatoms. The second kappa shape index (κ2) is 7.24. The Balaban J connectivity index is 2.02. The van der Waals surface area contributed by atoms with Crippen molar-refractivity contribution >= 4 is 0 Å². The molecule has 0 aromatic rings. The van der Waals surface area contributed by atoms with Gasteiger partial charge in [0.2, 0.25) is 0 Å². The molecular formula is C13H27NO. The van der Waals surface area contributed by atoms with Crippen LogP contribution in [0.3, 0.4) is 0 Å². The third-order valence-electron chi connectivity index (χ3n) is 3.61. The fourth-order valence-electron chi connectivity index (χ4n) is 2.25. The van der Waals surface area contributed by atoms with Gasteiger partial charge < -0.3 is 10.1 Å². The zero-order chi connectivity index (χ0) is 11.1. The molecule has 0 aromatic heterocycles. The van der Waals surface area contributed by atoms with Crippen LogP contribution in [0, 0.1) is 11.8 Å². The lowest BCUT2D eigenvalue weighted by molar-refractivity contribution is 0.00438. The molecule has 1 aliphatic rings. The minimum absolute atomic E-state index is 0.527. The van der Waals surface area contributed by atoms with E-state index >= 15 is 0 Å². The first-order valence-electron chi connectivity index (χ1n) is 6.56. The van der Waals surface area contributed by atoms with E-state index in [0.717, 1.165) is 31.5 Å². The van der Waals surface area contributed by atoms with E-state index in [1.807, 2.05) is 0 Å². The molecule has 90 valence electrons. The van der Waals surface area contributed by atoms with Gasteiger partial charge in [-0.2, -0.15) is 0 Å². The molecule has 1 rings (SSSR count). The first kappa shape index (κ1) is 13.0. The smallest absolute Gasteiger partial charge is 0.0594 e. The van der Waals surface area contributed by atoms with E-state index in [-0.39, 0.29) is 0 Å². The monoisotopic (exact) mass is 213 g/mol. The van der Waals surface area contributed by atoms with Crippen LogP contribution in [0.1, 0.15) is 46.5 Å². The molecule has 1 aliphatic carbocycles. The Morgan fingerprint density at radius 1 is 1.13 bits per heavy atom. The van der Waals surface area contributed by atoms with Crippen molar-refractivity contribution in [3.63, 3.8) is 0 Å². The van der Waals surface area contributed by atoms with Crippen LogP contribution in [-0.4, -0.2) is 25.8 Å². The lowest BCUT2D eigenvalue weighted by Crippen LogP contribution is -2.29. The van der Waals surface area contributed by atoms with Crippen LogP contribution in [0.4, 0.5) is 0 Å². The zero-order valence-corrected chi connectivity index (χ0v) is 10.6. The molecule has 1 fully saturated rings. The predicted molar refractivity (Wildman–Crippen MR) is 65.1 cm³/mol. The van der Waals surface area contributed by atoms with E-state index in [0.29, 0.717) is 6.10 Å². The normalized spacial score (nSPS) is 31.8. The first-order chi connectivity index (χ1) is 7.24. The Labute approximate surface area is 94.8 Å². The minimum atomic E-state index is 0.527. The van der Waals surface area contributed by atoms with Crippen LogP contribution in [0.2, 0.25) is 0 Å². The van der Waals surface area contributed by atoms with Crippen molar-refractivity contribution in [1.29, 1.82) is 0 Å². The number of rotatable bonds is 6. The third kappa shape index (κ3) is 4.98. The summed E-state index contributed by atoms with van der Waals surface area (Å²) in [6.07, 6.45) is 5.60. The number of ether oxygens (including phenoxy) is 1. The Kier molecular flexibility index (Phi) is 6.26. The van der Waals surface area contributed by atoms with Crippen molar-refractivity contribution in [2.75, 3.05) is 19.7 Å². The van der Waals surface area contributed by atoms with Gasteiger partial charge in [-0.25, -0.2) is 0 Å². The first-order valence-corrected chi connectivity index (χ1v) is 6.56. The van der Waals surface area contributed by atoms with Gasteiger partial charge in [-0.05, 0) is 44.1 Å². The molecule has 3 unspecified atom stereocenters. The van der Waals surface area contributed by atoms with E-state index < -0.39 is 0 Å². The van der Waals surface area contributed by atoms with Crippen LogP contribution >= 0.6 is 0 Å². The molecular weight excluding hydrogens is 186 g/mol. The molecule has 1 saturated carbocycles. The Morgan fingerprint density at radius 2 is 1.93 bits per heavy atom. The van der Waals surface area contributed by atoms with Gasteiger partial charge in [0, 0.05) is 6.54 Å². The van der Waals surface area contributed by atoms with Crippen LogP contribution in [0.15, 0.2) is 0 Å². The van der Waals surface area contributed by atoms with E-state index in [9.17, 15) is 0 Å². The quantitative estimate of drug-likeness (QED) is 0.685. The zero-order valence-electron chi connectivity index (χ0n) is 10.6. The topological polar surface area (TPSA) is 21.3 Å². The van der Waals surface area contributed by atoms with Gasteiger partial charge >= 0.3 is 0 Å². The second-order valence-corrected chi connectivity index (χ2v) is 5.01. The summed E-state index contributed by atoms with van der Waals surface area (Å²) >= 11 is 0. The average Bonchev–Trinajstić information content (AvgIpc) is 2.23. The van der Waals surface area contributed by atoms with Gasteiger partial charge in [-0.3, -0.25) is 0 Å². The van der Waals surface area contributed by atoms with Gasteiger partial charge in [-0.15, -0.1) is 0 Å². The second-order valence-electron chi connectivity index (χ2n) is 5.01. The Hall–Kier alpha value is -0.0800. The fourth-order valence-corrected chi connectivity index (χ4v) is 2.25. The highest BCUT2D eigenvalue weighted by Crippen LogP contribution is 2.30. The van der Waals surface area contributed by atoms with E-state index in [1.54, 1.807) is 0 Å². The molecule has 2 nitrogen and oxygen atoms in total. The Morgan fingerprint density at radius 3 is 2.60 bits per heavy atom. The predicted octanol–water partition coefficient (Wildman–Crippen LogP) is 2.83. The molecule has 0 aliphatic heterocycles. The number of hydrogen-bond donors (Lipinski definition) is 1. The summed E-state index contributed by atoms with van der Waals surface area (Å²) in [5, 5.41) is 3.37. The van der Waals surface area contributed by atoms with Gasteiger partial charge in [0.25, 0.3) is 0 Å². The standard InChI is InChI=1S/C13H27NO/c1-4-7-14-8-9-15-13-6-5-11(2)12(3)10-13/h11-14H,4-10H2,1-3H3. The molecule has 0 radical (unpaired) electrons. The highest BCUT2D eigenvalue weighted by Gasteiger charge is 2.24. The lowest BCUT2D eigenvalue weighted by atomic mass is 9.80. The third-order valence-corrected chi connectivity index (χ3v) is 3.61. The van der Waals surface area contributed by atoms with E-state index in [1.165, 1.54) is 25.7 Å². The van der Waals surface area contributed by atoms with Crippen molar-refractivity contribution < 1.29 is 4.74 Å². The number of hydrogen-bond acceptors (Lipinski definition) is 2. The van der Waals surface area contributed by atoms with Crippen molar-refractivity contribution in [2.45, 2.75) is 52.6 Å². The average molecular weight is 213 g/mol. The van der Waals surface area contributed by atoms with Crippen molar-refractivity contribution in [1.82, 2.24) is 5.32 Å². The van der Waals surface area contributed by atoms with Crippen LogP contribution in [0.5, 0.6) is 0 Å². The molecule has 0 amide bonds. The van der Waals surface area contributed by atoms with Gasteiger partial charge in [0.15, 0.2) is 0 Å². The lowest BCUT2D eigenvalue weighted by Gasteiger charge is -2.32. The van der Waals surface area contributed by atoms with Crippen LogP contribution in [0.25, 0.3) is 0 Å². The molecule has 15 heavy (non-hydrogen) atoms. The summed E-state index contributed by atoms with van der Waals surface area (Å²) in [7, 11) is 0. The van der Waals surface area contributed by atoms with E-state index in [2.05, 4.69) is 26.1 Å². The fraction of sp³-hybridized carbons (Fsp3) is 1.00. The molecule has 3 atom stereocenters. The molecule has 0 saturated heterocycles. The SMILES string of the molecule is CCCNCCOC1CCC(C)C(C)C1. The largest absolute Gasteiger partial charge is 0.377 e. The van der Waals surface area contributed by atoms with Gasteiger partial charge in [0.1, 0.15) is 0 Å². The molecule has 0 bridgehead atoms. The van der Waals surface area contributed by atoms with Gasteiger partial charge in [-0.1, -0.05) is 20.8 Å². The summed E-state index contributed by atoms with van der Waals surface area (Å²) < 4.78 is 5.89. The maximum absolute atomic E-state index is 5.89. The maximum atomic E-state index is 5.89. The summed E-state index contributed by atoms with van der Waals surface area (Å²) in [4.78, 5) is 0. The molecule has 0 spiro atoms. The number of nitrogens with one attached hydrogen (secondary N) is 1. The van der Waals surface area contributed by atoms with Gasteiger partial charge in [0.05, 0.1) is 12.7 Å². The summed E-state index contributed by atoms with van der Waals surface area (Å²) in [6, 6.07) is 0. The van der Waals surface area contributed by atoms with Crippen LogP contribution < -0.4 is 5.32 Å². The van der Waals surface area contributed by atoms with Crippen molar-refractivity contribution in [3.05, 3.63) is 0 Å². The highest BCUT2D eigenvalue weighted by molar-refractivity contribution is 4.75. The molecule has 0 aromatic carbocycles. The molecule has 1 N–H and O–H groups in total. The van der Waals surface area contributed by atoms with E-state index in [4.69, 9.17) is 4.74 Å². The highest BCUT2D eigenvalue weighted by atomic mass is 16.5. The van der Waals surface area contributed by atoms with Crippen molar-refractivity contribution in [2.24, 2.45) is 11.8 Å². The summed E-state index contributed by atoms with van der Waals surface area (Å²) in [5.41, 5.74) is 0.